The van der Waals surface area contributed by atoms with Crippen LogP contribution in [0.4, 0.5) is 16.3 Å². The number of nitrogens with two attached hydrogens (primary N) is 1. The van der Waals surface area contributed by atoms with Gasteiger partial charge in [-0.05, 0) is 86.8 Å². The minimum absolute atomic E-state index is 0.0416. The summed E-state index contributed by atoms with van der Waals surface area (Å²) < 4.78 is 11.4. The van der Waals surface area contributed by atoms with Crippen LogP contribution >= 0.6 is 0 Å². The van der Waals surface area contributed by atoms with Gasteiger partial charge in [0.1, 0.15) is 11.4 Å². The van der Waals surface area contributed by atoms with Crippen LogP contribution in [0.5, 0.6) is 0 Å². The van der Waals surface area contributed by atoms with Crippen molar-refractivity contribution >= 4 is 17.6 Å². The van der Waals surface area contributed by atoms with Crippen molar-refractivity contribution in [1.29, 1.82) is 0 Å². The van der Waals surface area contributed by atoms with Gasteiger partial charge in [0.2, 0.25) is 0 Å². The molecular formula is C32H36N4O3. The molecule has 0 spiro atoms. The molecule has 2 N–H and O–H groups in total. The van der Waals surface area contributed by atoms with Crippen LogP contribution in [0.25, 0.3) is 27.1 Å². The number of benzene rings is 2. The van der Waals surface area contributed by atoms with E-state index in [4.69, 9.17) is 21.8 Å². The quantitative estimate of drug-likeness (QED) is 0.357. The molecule has 7 nitrogen and oxygen atoms in total. The molecule has 2 aromatic carbocycles. The highest BCUT2D eigenvalue weighted by atomic mass is 16.6. The van der Waals surface area contributed by atoms with Gasteiger partial charge < -0.3 is 20.1 Å². The zero-order valence-electron chi connectivity index (χ0n) is 22.9. The Morgan fingerprint density at radius 1 is 1.03 bits per heavy atom. The molecular weight excluding hydrogens is 488 g/mol. The van der Waals surface area contributed by atoms with Crippen LogP contribution in [0.1, 0.15) is 69.5 Å². The fourth-order valence-corrected chi connectivity index (χ4v) is 5.63. The number of rotatable bonds is 4. The Hall–Kier alpha value is -3.89. The van der Waals surface area contributed by atoms with E-state index in [1.165, 1.54) is 11.1 Å². The van der Waals surface area contributed by atoms with Gasteiger partial charge in [0.15, 0.2) is 5.69 Å². The van der Waals surface area contributed by atoms with Crippen LogP contribution in [0.15, 0.2) is 54.7 Å². The highest BCUT2D eigenvalue weighted by Crippen LogP contribution is 2.42. The first-order chi connectivity index (χ1) is 18.7. The van der Waals surface area contributed by atoms with Crippen molar-refractivity contribution in [1.82, 2.24) is 9.88 Å². The zero-order valence-corrected chi connectivity index (χ0v) is 22.9. The molecule has 2 aliphatic heterocycles. The van der Waals surface area contributed by atoms with E-state index in [2.05, 4.69) is 34.1 Å². The van der Waals surface area contributed by atoms with Gasteiger partial charge in [-0.15, -0.1) is 0 Å². The highest BCUT2D eigenvalue weighted by Gasteiger charge is 2.35. The Morgan fingerprint density at radius 2 is 1.74 bits per heavy atom. The number of hydrogen-bond acceptors (Lipinski definition) is 5. The molecule has 39 heavy (non-hydrogen) atoms. The molecule has 1 atom stereocenters. The number of hydrogen-bond donors (Lipinski definition) is 1. The monoisotopic (exact) mass is 524 g/mol. The minimum atomic E-state index is -0.547. The van der Waals surface area contributed by atoms with Crippen molar-refractivity contribution in [2.45, 2.75) is 64.0 Å². The predicted octanol–water partition coefficient (Wildman–Crippen LogP) is 7.51. The maximum atomic E-state index is 13.2. The van der Waals surface area contributed by atoms with E-state index >= 15 is 0 Å². The number of aromatic nitrogens is 1. The molecule has 202 valence electrons. The van der Waals surface area contributed by atoms with Crippen LogP contribution in [0, 0.1) is 6.57 Å². The van der Waals surface area contributed by atoms with Gasteiger partial charge in [0, 0.05) is 37.1 Å². The lowest BCUT2D eigenvalue weighted by Crippen LogP contribution is -2.36. The average molecular weight is 525 g/mol. The molecule has 0 bridgehead atoms. The predicted molar refractivity (Wildman–Crippen MR) is 153 cm³/mol. The highest BCUT2D eigenvalue weighted by molar-refractivity contribution is 5.80. The first-order valence-corrected chi connectivity index (χ1v) is 13.7. The number of likely N-dealkylation sites (tertiary alicyclic amines) is 1. The third-order valence-electron chi connectivity index (χ3n) is 7.55. The lowest BCUT2D eigenvalue weighted by molar-refractivity contribution is 0.0222. The van der Waals surface area contributed by atoms with Gasteiger partial charge in [0.05, 0.1) is 12.6 Å². The van der Waals surface area contributed by atoms with Crippen molar-refractivity contribution < 1.29 is 14.3 Å². The molecule has 5 rings (SSSR count). The molecule has 1 amide bonds. The van der Waals surface area contributed by atoms with Crippen LogP contribution in [-0.2, 0) is 9.47 Å². The Labute approximate surface area is 230 Å². The van der Waals surface area contributed by atoms with Gasteiger partial charge in [-0.3, -0.25) is 0 Å². The number of anilines is 1. The summed E-state index contributed by atoms with van der Waals surface area (Å²) in [6, 6.07) is 16.0. The normalized spacial score (nSPS) is 18.1. The first-order valence-electron chi connectivity index (χ1n) is 13.7. The number of carbonyl (C=O) groups excluding carboxylic acids is 1. The smallest absolute Gasteiger partial charge is 0.410 e. The Morgan fingerprint density at radius 3 is 2.44 bits per heavy atom. The van der Waals surface area contributed by atoms with E-state index in [1.807, 2.05) is 37.8 Å². The van der Waals surface area contributed by atoms with Gasteiger partial charge in [-0.2, -0.15) is 0 Å². The van der Waals surface area contributed by atoms with E-state index in [-0.39, 0.29) is 12.1 Å². The molecule has 7 heteroatoms. The lowest BCUT2D eigenvalue weighted by atomic mass is 9.83. The SMILES string of the molecule is [C-]#[N+]c1ccc(-c2cc(-c3ccc(C4CCOCC4)c([C@@H]4CCCN4C(=O)OC(C)(C)C)c3)cnc2N)cc1. The molecule has 3 heterocycles. The average Bonchev–Trinajstić information content (AvgIpc) is 3.43. The van der Waals surface area contributed by atoms with E-state index in [0.717, 1.165) is 61.2 Å². The summed E-state index contributed by atoms with van der Waals surface area (Å²) in [7, 11) is 0. The van der Waals surface area contributed by atoms with Crippen molar-refractivity contribution in [3.05, 3.63) is 77.3 Å². The number of pyridine rings is 1. The second-order valence-electron chi connectivity index (χ2n) is 11.4. The summed E-state index contributed by atoms with van der Waals surface area (Å²) in [5.74, 6) is 0.838. The van der Waals surface area contributed by atoms with E-state index in [0.29, 0.717) is 24.0 Å². The molecule has 3 aromatic rings. The standard InChI is InChI=1S/C32H36N4O3/c1-32(2,3)39-31(37)36-15-5-6-29(36)28-18-23(9-12-26(28)22-13-16-38-17-14-22)24-19-27(30(33)35-20-24)21-7-10-25(34-4)11-8-21/h7-12,18-20,22,29H,5-6,13-17H2,1-3H3,(H2,33,35)/t29-/m0/s1. The van der Waals surface area contributed by atoms with Gasteiger partial charge >= 0.3 is 6.09 Å². The van der Waals surface area contributed by atoms with Gasteiger partial charge in [-0.25, -0.2) is 14.6 Å². The summed E-state index contributed by atoms with van der Waals surface area (Å²) in [5.41, 5.74) is 12.5. The summed E-state index contributed by atoms with van der Waals surface area (Å²) in [4.78, 5) is 23.1. The largest absolute Gasteiger partial charge is 0.444 e. The van der Waals surface area contributed by atoms with Crippen LogP contribution in [0.3, 0.4) is 0 Å². The first kappa shape index (κ1) is 26.7. The summed E-state index contributed by atoms with van der Waals surface area (Å²) >= 11 is 0. The second kappa shape index (κ2) is 11.1. The number of nitrogens with zero attached hydrogens (tertiary/aromatic N) is 3. The third kappa shape index (κ3) is 5.91. The van der Waals surface area contributed by atoms with Crippen LogP contribution in [-0.4, -0.2) is 41.3 Å². The zero-order chi connectivity index (χ0) is 27.6. The van der Waals surface area contributed by atoms with Crippen molar-refractivity contribution in [2.75, 3.05) is 25.5 Å². The van der Waals surface area contributed by atoms with Gasteiger partial charge in [0.25, 0.3) is 0 Å². The number of ether oxygens (including phenoxy) is 2. The summed E-state index contributed by atoms with van der Waals surface area (Å²) in [6.45, 7) is 15.1. The van der Waals surface area contributed by atoms with Crippen molar-refractivity contribution in [2.24, 2.45) is 0 Å². The molecule has 2 saturated heterocycles. The second-order valence-corrected chi connectivity index (χ2v) is 11.4. The maximum absolute atomic E-state index is 13.2. The number of carbonyl (C=O) groups is 1. The number of amides is 1. The van der Waals surface area contributed by atoms with E-state index in [9.17, 15) is 4.79 Å². The fraction of sp³-hybridized carbons (Fsp3) is 0.406. The maximum Gasteiger partial charge on any atom is 0.410 e. The molecule has 0 saturated carbocycles. The van der Waals surface area contributed by atoms with Crippen LogP contribution in [0.2, 0.25) is 0 Å². The molecule has 0 radical (unpaired) electrons. The van der Waals surface area contributed by atoms with E-state index in [1.54, 1.807) is 18.3 Å². The molecule has 1 aromatic heterocycles. The molecule has 0 unspecified atom stereocenters. The fourth-order valence-electron chi connectivity index (χ4n) is 5.63. The van der Waals surface area contributed by atoms with Gasteiger partial charge in [-0.1, -0.05) is 36.4 Å². The topological polar surface area (TPSA) is 82.0 Å². The molecule has 2 fully saturated rings. The lowest BCUT2D eigenvalue weighted by Gasteiger charge is -2.32. The Kier molecular flexibility index (Phi) is 7.58. The minimum Gasteiger partial charge on any atom is -0.444 e. The Bertz CT molecular complexity index is 1380. The third-order valence-corrected chi connectivity index (χ3v) is 7.55. The van der Waals surface area contributed by atoms with Crippen molar-refractivity contribution in [3.63, 3.8) is 0 Å². The Balaban J connectivity index is 1.55. The number of nitrogen functional groups attached to an aromatic ring is 1. The van der Waals surface area contributed by atoms with E-state index < -0.39 is 5.60 Å². The van der Waals surface area contributed by atoms with Crippen molar-refractivity contribution in [3.8, 4) is 22.3 Å². The summed E-state index contributed by atoms with van der Waals surface area (Å²) in [6.07, 6.45) is 5.33. The summed E-state index contributed by atoms with van der Waals surface area (Å²) in [5, 5.41) is 0. The molecule has 0 aliphatic carbocycles. The van der Waals surface area contributed by atoms with Crippen LogP contribution < -0.4 is 5.73 Å². The molecule has 2 aliphatic rings.